The maximum Gasteiger partial charge on any atom is 0.249 e. The summed E-state index contributed by atoms with van der Waals surface area (Å²) in [5.74, 6) is 1.21. The van der Waals surface area contributed by atoms with Crippen molar-refractivity contribution in [3.63, 3.8) is 0 Å². The number of rotatable bonds is 12. The van der Waals surface area contributed by atoms with E-state index in [1.54, 1.807) is 0 Å². The highest BCUT2D eigenvalue weighted by Crippen LogP contribution is 2.48. The van der Waals surface area contributed by atoms with Crippen LogP contribution in [0.4, 0.5) is 0 Å². The summed E-state index contributed by atoms with van der Waals surface area (Å²) in [5, 5.41) is 13.3. The van der Waals surface area contributed by atoms with Gasteiger partial charge < -0.3 is 15.2 Å². The van der Waals surface area contributed by atoms with Crippen LogP contribution in [0.3, 0.4) is 0 Å². The fourth-order valence-corrected chi connectivity index (χ4v) is 4.81. The number of allylic oxidation sites excluding steroid dienone is 1. The van der Waals surface area contributed by atoms with Crippen LogP contribution in [0, 0.1) is 11.3 Å². The van der Waals surface area contributed by atoms with E-state index in [1.807, 2.05) is 60.7 Å². The second kappa shape index (κ2) is 11.9. The van der Waals surface area contributed by atoms with Crippen LogP contribution < -0.4 is 10.1 Å². The zero-order valence-corrected chi connectivity index (χ0v) is 19.3. The van der Waals surface area contributed by atoms with Crippen molar-refractivity contribution in [1.82, 2.24) is 5.32 Å². The lowest BCUT2D eigenvalue weighted by Gasteiger charge is -2.29. The molecule has 1 fully saturated rings. The van der Waals surface area contributed by atoms with Crippen molar-refractivity contribution >= 4 is 5.91 Å². The summed E-state index contributed by atoms with van der Waals surface area (Å²) in [6.07, 6.45) is 8.26. The normalized spacial score (nSPS) is 21.1. The monoisotopic (exact) mass is 435 g/mol. The molecule has 0 heterocycles. The van der Waals surface area contributed by atoms with Gasteiger partial charge in [-0.05, 0) is 73.1 Å². The predicted molar refractivity (Wildman–Crippen MR) is 129 cm³/mol. The van der Waals surface area contributed by atoms with E-state index in [9.17, 15) is 9.90 Å². The molecule has 1 aliphatic rings. The number of benzene rings is 2. The first-order valence-electron chi connectivity index (χ1n) is 11.9. The average molecular weight is 436 g/mol. The van der Waals surface area contributed by atoms with E-state index in [-0.39, 0.29) is 11.3 Å². The van der Waals surface area contributed by atoms with Crippen molar-refractivity contribution in [3.05, 3.63) is 78.4 Å². The molecule has 172 valence electrons. The molecular weight excluding hydrogens is 398 g/mol. The molecule has 0 bridgehead atoms. The molecule has 1 amide bonds. The number of ether oxygens (including phenoxy) is 1. The number of carbonyl (C=O) groups excluding carboxylic acids is 1. The lowest BCUT2D eigenvalue weighted by Crippen LogP contribution is -2.35. The van der Waals surface area contributed by atoms with E-state index in [0.717, 1.165) is 36.1 Å². The Morgan fingerprint density at radius 1 is 1.22 bits per heavy atom. The highest BCUT2D eigenvalue weighted by atomic mass is 16.5. The number of hydrogen-bond acceptors (Lipinski definition) is 3. The minimum absolute atomic E-state index is 0.268. The number of aliphatic hydroxyl groups excluding tert-OH is 1. The number of amides is 1. The molecule has 2 N–H and O–H groups in total. The van der Waals surface area contributed by atoms with E-state index in [0.29, 0.717) is 25.5 Å². The zero-order valence-electron chi connectivity index (χ0n) is 19.3. The van der Waals surface area contributed by atoms with Crippen LogP contribution in [-0.4, -0.2) is 17.1 Å². The Kier molecular flexibility index (Phi) is 8.92. The first kappa shape index (κ1) is 24.1. The van der Waals surface area contributed by atoms with Crippen molar-refractivity contribution in [2.75, 3.05) is 0 Å². The summed E-state index contributed by atoms with van der Waals surface area (Å²) in [6.45, 7) is 7.02. The molecule has 0 radical (unpaired) electrons. The van der Waals surface area contributed by atoms with E-state index >= 15 is 0 Å². The molecular formula is C28H37NO3. The Labute approximate surface area is 192 Å². The summed E-state index contributed by atoms with van der Waals surface area (Å²) in [4.78, 5) is 12.4. The predicted octanol–water partition coefficient (Wildman–Crippen LogP) is 5.80. The molecule has 1 saturated carbocycles. The van der Waals surface area contributed by atoms with E-state index < -0.39 is 6.10 Å². The van der Waals surface area contributed by atoms with Crippen LogP contribution in [0.1, 0.15) is 63.0 Å². The smallest absolute Gasteiger partial charge is 0.249 e. The van der Waals surface area contributed by atoms with Gasteiger partial charge in [0.1, 0.15) is 18.5 Å². The van der Waals surface area contributed by atoms with Crippen molar-refractivity contribution in [2.24, 2.45) is 11.3 Å². The first-order chi connectivity index (χ1) is 15.5. The van der Waals surface area contributed by atoms with Crippen molar-refractivity contribution in [1.29, 1.82) is 0 Å². The Morgan fingerprint density at radius 3 is 2.66 bits per heavy atom. The van der Waals surface area contributed by atoms with Crippen LogP contribution in [0.15, 0.2) is 67.3 Å². The quantitative estimate of drug-likeness (QED) is 0.415. The zero-order chi connectivity index (χ0) is 22.8. The van der Waals surface area contributed by atoms with Gasteiger partial charge in [-0.2, -0.15) is 0 Å². The SMILES string of the molecule is C=CCC1CCC(CC)(CCC(O)C(=O)NCc2ccc(OCc3ccccc3)cc2)C1. The van der Waals surface area contributed by atoms with Gasteiger partial charge in [0.25, 0.3) is 0 Å². The molecule has 32 heavy (non-hydrogen) atoms. The van der Waals surface area contributed by atoms with Crippen LogP contribution in [0.5, 0.6) is 5.75 Å². The Balaban J connectivity index is 1.40. The fraction of sp³-hybridized carbons (Fsp3) is 0.464. The minimum Gasteiger partial charge on any atom is -0.489 e. The maximum atomic E-state index is 12.4. The third-order valence-corrected chi connectivity index (χ3v) is 6.94. The maximum absolute atomic E-state index is 12.4. The van der Waals surface area contributed by atoms with Crippen LogP contribution in [-0.2, 0) is 17.9 Å². The lowest BCUT2D eigenvalue weighted by molar-refractivity contribution is -0.130. The second-order valence-corrected chi connectivity index (χ2v) is 9.18. The molecule has 1 aliphatic carbocycles. The Bertz CT molecular complexity index is 849. The van der Waals surface area contributed by atoms with Crippen LogP contribution >= 0.6 is 0 Å². The summed E-state index contributed by atoms with van der Waals surface area (Å²) < 4.78 is 5.80. The first-order valence-corrected chi connectivity index (χ1v) is 11.9. The molecule has 4 heteroatoms. The molecule has 3 rings (SSSR count). The molecule has 2 aromatic rings. The van der Waals surface area contributed by atoms with Gasteiger partial charge in [0.2, 0.25) is 5.91 Å². The summed E-state index contributed by atoms with van der Waals surface area (Å²) >= 11 is 0. The summed E-state index contributed by atoms with van der Waals surface area (Å²) in [6, 6.07) is 17.7. The van der Waals surface area contributed by atoms with Gasteiger partial charge >= 0.3 is 0 Å². The Morgan fingerprint density at radius 2 is 1.97 bits per heavy atom. The van der Waals surface area contributed by atoms with Gasteiger partial charge in [-0.3, -0.25) is 4.79 Å². The number of aliphatic hydroxyl groups is 1. The molecule has 0 aromatic heterocycles. The standard InChI is InChI=1S/C28H37NO3/c1-3-8-22-15-17-28(4-2,19-22)18-16-26(30)27(31)29-20-23-11-13-25(14-12-23)32-21-24-9-6-5-7-10-24/h3,5-7,9-14,22,26,30H,1,4,8,15-21H2,2H3,(H,29,31). The van der Waals surface area contributed by atoms with Gasteiger partial charge in [0, 0.05) is 6.54 Å². The molecule has 0 spiro atoms. The highest BCUT2D eigenvalue weighted by molar-refractivity contribution is 5.80. The van der Waals surface area contributed by atoms with E-state index in [1.165, 1.54) is 19.3 Å². The summed E-state index contributed by atoms with van der Waals surface area (Å²) in [5.41, 5.74) is 2.37. The largest absolute Gasteiger partial charge is 0.489 e. The third kappa shape index (κ3) is 6.96. The summed E-state index contributed by atoms with van der Waals surface area (Å²) in [7, 11) is 0. The average Bonchev–Trinajstić information content (AvgIpc) is 3.24. The topological polar surface area (TPSA) is 58.6 Å². The van der Waals surface area contributed by atoms with Crippen LogP contribution in [0.25, 0.3) is 0 Å². The van der Waals surface area contributed by atoms with Crippen molar-refractivity contribution in [3.8, 4) is 5.75 Å². The van der Waals surface area contributed by atoms with Crippen LogP contribution in [0.2, 0.25) is 0 Å². The van der Waals surface area contributed by atoms with Gasteiger partial charge in [-0.25, -0.2) is 0 Å². The fourth-order valence-electron chi connectivity index (χ4n) is 4.81. The minimum atomic E-state index is -0.953. The van der Waals surface area contributed by atoms with Crippen molar-refractivity contribution < 1.29 is 14.6 Å². The molecule has 3 atom stereocenters. The van der Waals surface area contributed by atoms with Gasteiger partial charge in [-0.1, -0.05) is 61.9 Å². The number of nitrogens with one attached hydrogen (secondary N) is 1. The Hall–Kier alpha value is -2.59. The molecule has 4 nitrogen and oxygen atoms in total. The molecule has 3 unspecified atom stereocenters. The number of hydrogen-bond donors (Lipinski definition) is 2. The number of carbonyl (C=O) groups is 1. The third-order valence-electron chi connectivity index (χ3n) is 6.94. The van der Waals surface area contributed by atoms with Gasteiger partial charge in [0.05, 0.1) is 0 Å². The highest BCUT2D eigenvalue weighted by Gasteiger charge is 2.37. The van der Waals surface area contributed by atoms with Crippen molar-refractivity contribution in [2.45, 2.75) is 71.1 Å². The molecule has 2 aromatic carbocycles. The van der Waals surface area contributed by atoms with E-state index in [2.05, 4.69) is 18.8 Å². The van der Waals surface area contributed by atoms with E-state index in [4.69, 9.17) is 4.74 Å². The van der Waals surface area contributed by atoms with Gasteiger partial charge in [0.15, 0.2) is 0 Å². The lowest BCUT2D eigenvalue weighted by atomic mass is 9.77. The second-order valence-electron chi connectivity index (χ2n) is 9.18. The molecule has 0 aliphatic heterocycles. The van der Waals surface area contributed by atoms with Gasteiger partial charge in [-0.15, -0.1) is 6.58 Å². The molecule has 0 saturated heterocycles.